The number of fused-ring (bicyclic) bond motifs is 1. The van der Waals surface area contributed by atoms with Crippen LogP contribution in [-0.2, 0) is 16.1 Å². The largest absolute Gasteiger partial charge is 0.315 e. The summed E-state index contributed by atoms with van der Waals surface area (Å²) in [6.45, 7) is 3.57. The van der Waals surface area contributed by atoms with Crippen molar-refractivity contribution < 1.29 is 19.2 Å². The van der Waals surface area contributed by atoms with Gasteiger partial charge in [0.05, 0.1) is 11.1 Å². The lowest BCUT2D eigenvalue weighted by Crippen LogP contribution is -2.54. The Balaban J connectivity index is 1.42. The average Bonchev–Trinajstić information content (AvgIpc) is 3.29. The lowest BCUT2D eigenvalue weighted by Gasteiger charge is -2.29. The fourth-order valence-electron chi connectivity index (χ4n) is 4.86. The number of nitrogens with one attached hydrogen (secondary N) is 2. The molecule has 4 aliphatic rings. The van der Waals surface area contributed by atoms with Crippen LogP contribution in [0, 0.1) is 5.92 Å². The van der Waals surface area contributed by atoms with Crippen molar-refractivity contribution in [1.82, 2.24) is 20.4 Å². The van der Waals surface area contributed by atoms with Gasteiger partial charge >= 0.3 is 0 Å². The van der Waals surface area contributed by atoms with Gasteiger partial charge in [0.2, 0.25) is 11.8 Å². The SMILES string of the molecule is O=C1CCC(N2C(=O)c3cccc(CN(CC4CC4)C4CCNC4)c3C2=O)C(=O)N1. The summed E-state index contributed by atoms with van der Waals surface area (Å²) in [4.78, 5) is 53.6. The first kappa shape index (κ1) is 19.4. The van der Waals surface area contributed by atoms with Crippen LogP contribution >= 0.6 is 0 Å². The molecular formula is C22H26N4O4. The van der Waals surface area contributed by atoms with Crippen molar-refractivity contribution in [1.29, 1.82) is 0 Å². The second kappa shape index (κ2) is 7.59. The number of hydrogen-bond acceptors (Lipinski definition) is 6. The van der Waals surface area contributed by atoms with Crippen LogP contribution in [0.5, 0.6) is 0 Å². The number of benzene rings is 1. The van der Waals surface area contributed by atoms with Crippen molar-refractivity contribution in [2.75, 3.05) is 19.6 Å². The molecule has 4 amide bonds. The number of rotatable bonds is 6. The summed E-state index contributed by atoms with van der Waals surface area (Å²) in [6, 6.07) is 4.90. The average molecular weight is 410 g/mol. The second-order valence-corrected chi connectivity index (χ2v) is 8.81. The second-order valence-electron chi connectivity index (χ2n) is 8.81. The van der Waals surface area contributed by atoms with Gasteiger partial charge in [0.25, 0.3) is 11.8 Å². The molecule has 0 radical (unpaired) electrons. The van der Waals surface area contributed by atoms with Crippen LogP contribution < -0.4 is 10.6 Å². The standard InChI is InChI=1S/C22H26N4O4/c27-18-7-6-17(20(28)24-18)26-21(29)16-3-1-2-14(19(16)22(26)30)12-25(11-13-4-5-13)15-8-9-23-10-15/h1-3,13,15,17,23H,4-12H2,(H,24,27,28). The molecule has 1 saturated carbocycles. The van der Waals surface area contributed by atoms with Crippen LogP contribution in [0.15, 0.2) is 18.2 Å². The molecular weight excluding hydrogens is 384 g/mol. The molecule has 8 nitrogen and oxygen atoms in total. The number of imide groups is 2. The summed E-state index contributed by atoms with van der Waals surface area (Å²) in [6.07, 6.45) is 3.89. The van der Waals surface area contributed by atoms with E-state index in [2.05, 4.69) is 15.5 Å². The fraction of sp³-hybridized carbons (Fsp3) is 0.545. The third kappa shape index (κ3) is 3.44. The third-order valence-electron chi connectivity index (χ3n) is 6.67. The Kier molecular flexibility index (Phi) is 4.91. The molecule has 158 valence electrons. The highest BCUT2D eigenvalue weighted by molar-refractivity contribution is 6.24. The van der Waals surface area contributed by atoms with Gasteiger partial charge in [-0.2, -0.15) is 0 Å². The Morgan fingerprint density at radius 2 is 1.87 bits per heavy atom. The highest BCUT2D eigenvalue weighted by atomic mass is 16.2. The molecule has 3 aliphatic heterocycles. The Bertz CT molecular complexity index is 920. The molecule has 30 heavy (non-hydrogen) atoms. The molecule has 5 rings (SSSR count). The van der Waals surface area contributed by atoms with Gasteiger partial charge in [-0.1, -0.05) is 12.1 Å². The summed E-state index contributed by atoms with van der Waals surface area (Å²) in [5, 5.41) is 5.66. The highest BCUT2D eigenvalue weighted by Gasteiger charge is 2.45. The molecule has 1 aliphatic carbocycles. The summed E-state index contributed by atoms with van der Waals surface area (Å²) in [7, 11) is 0. The van der Waals surface area contributed by atoms with Crippen molar-refractivity contribution in [3.63, 3.8) is 0 Å². The monoisotopic (exact) mass is 410 g/mol. The number of carbonyl (C=O) groups is 4. The Morgan fingerprint density at radius 3 is 2.57 bits per heavy atom. The van der Waals surface area contributed by atoms with E-state index in [0.717, 1.165) is 42.4 Å². The molecule has 3 fully saturated rings. The zero-order chi connectivity index (χ0) is 20.8. The third-order valence-corrected chi connectivity index (χ3v) is 6.67. The first-order chi connectivity index (χ1) is 14.5. The molecule has 8 heteroatoms. The fourth-order valence-corrected chi connectivity index (χ4v) is 4.86. The van der Waals surface area contributed by atoms with Gasteiger partial charge < -0.3 is 5.32 Å². The predicted octanol–water partition coefficient (Wildman–Crippen LogP) is 0.662. The van der Waals surface area contributed by atoms with Crippen LogP contribution in [0.2, 0.25) is 0 Å². The molecule has 1 aromatic carbocycles. The molecule has 2 N–H and O–H groups in total. The van der Waals surface area contributed by atoms with E-state index in [1.807, 2.05) is 12.1 Å². The summed E-state index contributed by atoms with van der Waals surface area (Å²) >= 11 is 0. The van der Waals surface area contributed by atoms with Gasteiger partial charge in [0, 0.05) is 32.1 Å². The van der Waals surface area contributed by atoms with Crippen LogP contribution in [0.4, 0.5) is 0 Å². The molecule has 3 heterocycles. The summed E-state index contributed by atoms with van der Waals surface area (Å²) in [5.74, 6) is -1.08. The Hall–Kier alpha value is -2.58. The Morgan fingerprint density at radius 1 is 1.03 bits per heavy atom. The van der Waals surface area contributed by atoms with E-state index in [4.69, 9.17) is 0 Å². The van der Waals surface area contributed by atoms with Crippen LogP contribution in [0.3, 0.4) is 0 Å². The first-order valence-corrected chi connectivity index (χ1v) is 10.8. The minimum Gasteiger partial charge on any atom is -0.315 e. The minimum absolute atomic E-state index is 0.126. The lowest BCUT2D eigenvalue weighted by molar-refractivity contribution is -0.136. The van der Waals surface area contributed by atoms with E-state index in [9.17, 15) is 19.2 Å². The number of amides is 4. The smallest absolute Gasteiger partial charge is 0.262 e. The topological polar surface area (TPSA) is 98.8 Å². The van der Waals surface area contributed by atoms with Crippen molar-refractivity contribution in [2.45, 2.75) is 50.7 Å². The predicted molar refractivity (Wildman–Crippen MR) is 108 cm³/mol. The number of nitrogens with zero attached hydrogens (tertiary/aromatic N) is 2. The van der Waals surface area contributed by atoms with E-state index in [1.54, 1.807) is 6.07 Å². The van der Waals surface area contributed by atoms with Crippen molar-refractivity contribution >= 4 is 23.6 Å². The van der Waals surface area contributed by atoms with Crippen LogP contribution in [-0.4, -0.2) is 65.1 Å². The van der Waals surface area contributed by atoms with Crippen LogP contribution in [0.1, 0.15) is 58.4 Å². The van der Waals surface area contributed by atoms with Gasteiger partial charge in [0.15, 0.2) is 0 Å². The van der Waals surface area contributed by atoms with Crippen LogP contribution in [0.25, 0.3) is 0 Å². The first-order valence-electron chi connectivity index (χ1n) is 10.8. The maximum absolute atomic E-state index is 13.3. The molecule has 2 unspecified atom stereocenters. The maximum Gasteiger partial charge on any atom is 0.262 e. The van der Waals surface area contributed by atoms with Gasteiger partial charge in [-0.25, -0.2) is 0 Å². The highest BCUT2D eigenvalue weighted by Crippen LogP contribution is 2.34. The van der Waals surface area contributed by atoms with Gasteiger partial charge in [-0.05, 0) is 49.8 Å². The van der Waals surface area contributed by atoms with Gasteiger partial charge in [-0.3, -0.25) is 34.3 Å². The number of carbonyl (C=O) groups excluding carboxylic acids is 4. The summed E-state index contributed by atoms with van der Waals surface area (Å²) in [5.41, 5.74) is 1.62. The Labute approximate surface area is 175 Å². The maximum atomic E-state index is 13.3. The number of hydrogen-bond donors (Lipinski definition) is 2. The summed E-state index contributed by atoms with van der Waals surface area (Å²) < 4.78 is 0. The van der Waals surface area contributed by atoms with E-state index < -0.39 is 23.8 Å². The van der Waals surface area contributed by atoms with E-state index in [0.29, 0.717) is 23.7 Å². The molecule has 0 aromatic heterocycles. The van der Waals surface area contributed by atoms with Crippen molar-refractivity contribution in [3.05, 3.63) is 34.9 Å². The minimum atomic E-state index is -0.926. The normalized spacial score (nSPS) is 26.5. The molecule has 2 atom stereocenters. The van der Waals surface area contributed by atoms with Crippen molar-refractivity contribution in [3.8, 4) is 0 Å². The van der Waals surface area contributed by atoms with Gasteiger partial charge in [-0.15, -0.1) is 0 Å². The quantitative estimate of drug-likeness (QED) is 0.669. The lowest BCUT2D eigenvalue weighted by atomic mass is 10.0. The zero-order valence-corrected chi connectivity index (χ0v) is 16.9. The molecule has 2 saturated heterocycles. The van der Waals surface area contributed by atoms with Gasteiger partial charge in [0.1, 0.15) is 6.04 Å². The van der Waals surface area contributed by atoms with Crippen molar-refractivity contribution in [2.24, 2.45) is 5.92 Å². The molecule has 0 bridgehead atoms. The molecule has 1 aromatic rings. The van der Waals surface area contributed by atoms with E-state index >= 15 is 0 Å². The van der Waals surface area contributed by atoms with E-state index in [-0.39, 0.29) is 18.7 Å². The van der Waals surface area contributed by atoms with E-state index in [1.165, 1.54) is 12.8 Å². The zero-order valence-electron chi connectivity index (χ0n) is 16.9. The molecule has 0 spiro atoms. The number of piperidine rings is 1.